The number of hydrogen-bond acceptors (Lipinski definition) is 3. The molecular formula is C7H15NO3S. The molecular weight excluding hydrogens is 178 g/mol. The van der Waals surface area contributed by atoms with E-state index in [-0.39, 0.29) is 11.7 Å². The van der Waals surface area contributed by atoms with Crippen LogP contribution in [-0.4, -0.2) is 31.3 Å². The largest absolute Gasteiger partial charge is 0.314 e. The summed E-state index contributed by atoms with van der Waals surface area (Å²) >= 11 is 0. The van der Waals surface area contributed by atoms with Crippen molar-refractivity contribution in [3.8, 4) is 0 Å². The average Bonchev–Trinajstić information content (AvgIpc) is 2.61. The summed E-state index contributed by atoms with van der Waals surface area (Å²) < 4.78 is 29.4. The molecule has 0 aromatic rings. The molecule has 1 aliphatic rings. The third-order valence-corrected chi connectivity index (χ3v) is 2.82. The molecule has 0 bridgehead atoms. The molecule has 0 spiro atoms. The van der Waals surface area contributed by atoms with Crippen LogP contribution in [0.5, 0.6) is 0 Å². The lowest BCUT2D eigenvalue weighted by Gasteiger charge is -2.09. The smallest absolute Gasteiger partial charge is 0.265 e. The Hall–Kier alpha value is -0.130. The maximum absolute atomic E-state index is 10.4. The minimum absolute atomic E-state index is 0.0133. The van der Waals surface area contributed by atoms with Crippen molar-refractivity contribution in [1.29, 1.82) is 0 Å². The van der Waals surface area contributed by atoms with Gasteiger partial charge in [0.25, 0.3) is 10.1 Å². The van der Waals surface area contributed by atoms with E-state index in [4.69, 9.17) is 4.55 Å². The van der Waals surface area contributed by atoms with Gasteiger partial charge in [-0.3, -0.25) is 4.55 Å². The maximum Gasteiger partial charge on any atom is 0.265 e. The Kier molecular flexibility index (Phi) is 3.09. The quantitative estimate of drug-likeness (QED) is 0.615. The van der Waals surface area contributed by atoms with Crippen LogP contribution in [0.1, 0.15) is 19.8 Å². The average molecular weight is 193 g/mol. The van der Waals surface area contributed by atoms with Gasteiger partial charge < -0.3 is 5.32 Å². The van der Waals surface area contributed by atoms with Crippen molar-refractivity contribution in [3.05, 3.63) is 0 Å². The van der Waals surface area contributed by atoms with Crippen molar-refractivity contribution in [2.75, 3.05) is 12.3 Å². The predicted molar refractivity (Wildman–Crippen MR) is 46.6 cm³/mol. The topological polar surface area (TPSA) is 66.4 Å². The molecule has 0 aliphatic heterocycles. The van der Waals surface area contributed by atoms with E-state index < -0.39 is 10.1 Å². The van der Waals surface area contributed by atoms with Crippen LogP contribution in [0.2, 0.25) is 0 Å². The van der Waals surface area contributed by atoms with E-state index in [1.54, 1.807) is 0 Å². The molecule has 0 heterocycles. The Labute approximate surface area is 73.1 Å². The molecule has 0 amide bonds. The van der Waals surface area contributed by atoms with Gasteiger partial charge in [-0.15, -0.1) is 0 Å². The Bertz CT molecular complexity index is 233. The number of nitrogens with one attached hydrogen (secondary N) is 1. The van der Waals surface area contributed by atoms with Gasteiger partial charge in [-0.1, -0.05) is 6.92 Å². The van der Waals surface area contributed by atoms with Gasteiger partial charge in [0.05, 0.1) is 5.75 Å². The van der Waals surface area contributed by atoms with Gasteiger partial charge in [0.1, 0.15) is 0 Å². The molecule has 72 valence electrons. The van der Waals surface area contributed by atoms with Crippen LogP contribution >= 0.6 is 0 Å². The molecule has 1 rings (SSSR count). The van der Waals surface area contributed by atoms with E-state index in [1.807, 2.05) is 6.92 Å². The molecule has 1 fully saturated rings. The molecule has 1 atom stereocenters. The molecule has 0 aromatic heterocycles. The second-order valence-corrected chi connectivity index (χ2v) is 5.03. The lowest BCUT2D eigenvalue weighted by molar-refractivity contribution is 0.461. The molecule has 1 saturated carbocycles. The van der Waals surface area contributed by atoms with Crippen LogP contribution in [0.15, 0.2) is 0 Å². The molecule has 12 heavy (non-hydrogen) atoms. The molecule has 5 heteroatoms. The van der Waals surface area contributed by atoms with Crippen molar-refractivity contribution in [2.45, 2.75) is 25.8 Å². The summed E-state index contributed by atoms with van der Waals surface area (Å²) in [4.78, 5) is 0. The molecule has 1 unspecified atom stereocenters. The fraction of sp³-hybridized carbons (Fsp3) is 1.00. The standard InChI is InChI=1S/C7H15NO3S/c1-6(5-12(9,10)11)4-8-7-2-3-7/h6-8H,2-5H2,1H3,(H,9,10,11). The SMILES string of the molecule is CC(CNC1CC1)CS(=O)(=O)O. The lowest BCUT2D eigenvalue weighted by Crippen LogP contribution is -2.27. The molecule has 4 nitrogen and oxygen atoms in total. The van der Waals surface area contributed by atoms with Crippen molar-refractivity contribution >= 4 is 10.1 Å². The van der Waals surface area contributed by atoms with Gasteiger partial charge in [-0.2, -0.15) is 8.42 Å². The van der Waals surface area contributed by atoms with Gasteiger partial charge in [-0.05, 0) is 25.3 Å². The summed E-state index contributed by atoms with van der Waals surface area (Å²) in [5, 5.41) is 3.20. The van der Waals surface area contributed by atoms with Gasteiger partial charge in [-0.25, -0.2) is 0 Å². The summed E-state index contributed by atoms with van der Waals surface area (Å²) in [5.41, 5.74) is 0. The summed E-state index contributed by atoms with van der Waals surface area (Å²) in [6.07, 6.45) is 2.39. The van der Waals surface area contributed by atoms with Crippen LogP contribution in [0.4, 0.5) is 0 Å². The van der Waals surface area contributed by atoms with Crippen LogP contribution in [0, 0.1) is 5.92 Å². The third-order valence-electron chi connectivity index (χ3n) is 1.83. The zero-order valence-corrected chi connectivity index (χ0v) is 7.97. The Morgan fingerprint density at radius 2 is 2.17 bits per heavy atom. The van der Waals surface area contributed by atoms with E-state index in [9.17, 15) is 8.42 Å². The highest BCUT2D eigenvalue weighted by atomic mass is 32.2. The van der Waals surface area contributed by atoms with E-state index in [0.29, 0.717) is 12.6 Å². The van der Waals surface area contributed by atoms with Gasteiger partial charge in [0.2, 0.25) is 0 Å². The van der Waals surface area contributed by atoms with Crippen molar-refractivity contribution in [1.82, 2.24) is 5.32 Å². The monoisotopic (exact) mass is 193 g/mol. The Balaban J connectivity index is 2.14. The minimum atomic E-state index is -3.79. The van der Waals surface area contributed by atoms with Crippen molar-refractivity contribution < 1.29 is 13.0 Å². The van der Waals surface area contributed by atoms with Crippen LogP contribution in [0.3, 0.4) is 0 Å². The highest BCUT2D eigenvalue weighted by Gasteiger charge is 2.21. The maximum atomic E-state index is 10.4. The molecule has 2 N–H and O–H groups in total. The Morgan fingerprint density at radius 1 is 1.58 bits per heavy atom. The second-order valence-electron chi connectivity index (χ2n) is 3.54. The zero-order valence-electron chi connectivity index (χ0n) is 7.16. The van der Waals surface area contributed by atoms with Crippen molar-refractivity contribution in [3.63, 3.8) is 0 Å². The fourth-order valence-corrected chi connectivity index (χ4v) is 1.91. The van der Waals surface area contributed by atoms with E-state index in [0.717, 1.165) is 0 Å². The first-order chi connectivity index (χ1) is 5.47. The normalized spacial score (nSPS) is 20.8. The van der Waals surface area contributed by atoms with Gasteiger partial charge in [0.15, 0.2) is 0 Å². The van der Waals surface area contributed by atoms with Crippen LogP contribution in [0.25, 0.3) is 0 Å². The first-order valence-corrected chi connectivity index (χ1v) is 5.77. The summed E-state index contributed by atoms with van der Waals surface area (Å²) in [5.74, 6) is -0.159. The number of rotatable bonds is 5. The minimum Gasteiger partial charge on any atom is -0.314 e. The Morgan fingerprint density at radius 3 is 2.58 bits per heavy atom. The van der Waals surface area contributed by atoms with Gasteiger partial charge in [0, 0.05) is 6.04 Å². The first-order valence-electron chi connectivity index (χ1n) is 4.16. The predicted octanol–water partition coefficient (Wildman–Crippen LogP) is 0.262. The second kappa shape index (κ2) is 3.72. The first kappa shape index (κ1) is 9.95. The zero-order chi connectivity index (χ0) is 9.19. The fourth-order valence-electron chi connectivity index (χ4n) is 1.07. The molecule has 0 radical (unpaired) electrons. The highest BCUT2D eigenvalue weighted by molar-refractivity contribution is 7.85. The van der Waals surface area contributed by atoms with Crippen LogP contribution in [-0.2, 0) is 10.1 Å². The summed E-state index contributed by atoms with van der Waals surface area (Å²) in [6, 6.07) is 0.592. The molecule has 1 aliphatic carbocycles. The third kappa shape index (κ3) is 4.69. The highest BCUT2D eigenvalue weighted by Crippen LogP contribution is 2.18. The van der Waals surface area contributed by atoms with Gasteiger partial charge >= 0.3 is 0 Å². The van der Waals surface area contributed by atoms with E-state index in [2.05, 4.69) is 5.32 Å². The number of hydrogen-bond donors (Lipinski definition) is 2. The van der Waals surface area contributed by atoms with Crippen molar-refractivity contribution in [2.24, 2.45) is 5.92 Å². The summed E-state index contributed by atoms with van der Waals surface area (Å²) in [6.45, 7) is 2.48. The van der Waals surface area contributed by atoms with E-state index >= 15 is 0 Å². The van der Waals surface area contributed by atoms with Crippen LogP contribution < -0.4 is 5.32 Å². The molecule has 0 aromatic carbocycles. The lowest BCUT2D eigenvalue weighted by atomic mass is 10.2. The van der Waals surface area contributed by atoms with E-state index in [1.165, 1.54) is 12.8 Å². The summed E-state index contributed by atoms with van der Waals surface area (Å²) in [7, 11) is -3.79. The molecule has 0 saturated heterocycles.